The van der Waals surface area contributed by atoms with Gasteiger partial charge in [-0.15, -0.1) is 0 Å². The number of hydrazine groups is 1. The lowest BCUT2D eigenvalue weighted by molar-refractivity contribution is -0.119. The number of hydrogen-bond donors (Lipinski definition) is 4. The molecule has 0 aliphatic heterocycles. The van der Waals surface area contributed by atoms with Crippen LogP contribution in [0.4, 0.5) is 15.8 Å². The highest BCUT2D eigenvalue weighted by Gasteiger charge is 2.25. The molecule has 1 atom stereocenters. The third-order valence-electron chi connectivity index (χ3n) is 5.72. The zero-order chi connectivity index (χ0) is 28.7. The molecule has 12 nitrogen and oxygen atoms in total. The van der Waals surface area contributed by atoms with Gasteiger partial charge in [0.2, 0.25) is 5.91 Å². The number of carbonyl (C=O) groups excluding carboxylic acids is 2. The highest BCUT2D eigenvalue weighted by molar-refractivity contribution is 6.31. The minimum Gasteiger partial charge on any atom is -0.495 e. The Balaban J connectivity index is 2.07. The summed E-state index contributed by atoms with van der Waals surface area (Å²) in [6, 6.07) is 8.43. The summed E-state index contributed by atoms with van der Waals surface area (Å²) in [5.41, 5.74) is 5.51. The van der Waals surface area contributed by atoms with Crippen molar-refractivity contribution < 1.29 is 23.5 Å². The molecule has 0 fully saturated rings. The van der Waals surface area contributed by atoms with Gasteiger partial charge in [-0.3, -0.25) is 24.0 Å². The van der Waals surface area contributed by atoms with Crippen LogP contribution in [0.15, 0.2) is 58.6 Å². The van der Waals surface area contributed by atoms with E-state index in [-0.39, 0.29) is 30.0 Å². The zero-order valence-electron chi connectivity index (χ0n) is 21.1. The molecule has 2 amide bonds. The van der Waals surface area contributed by atoms with Crippen molar-refractivity contribution in [2.75, 3.05) is 31.2 Å². The number of hydrazone groups is 1. The molecule has 1 heterocycles. The first-order valence-electron chi connectivity index (χ1n) is 11.4. The van der Waals surface area contributed by atoms with E-state index in [9.17, 15) is 18.8 Å². The molecule has 3 rings (SSSR count). The Labute approximate surface area is 227 Å². The third kappa shape index (κ3) is 6.71. The van der Waals surface area contributed by atoms with E-state index in [1.807, 2.05) is 0 Å². The van der Waals surface area contributed by atoms with Crippen LogP contribution in [0, 0.1) is 5.82 Å². The lowest BCUT2D eigenvalue weighted by Crippen LogP contribution is -2.34. The molecule has 7 N–H and O–H groups in total. The summed E-state index contributed by atoms with van der Waals surface area (Å²) in [6.07, 6.45) is 2.64. The van der Waals surface area contributed by atoms with Crippen molar-refractivity contribution >= 4 is 41.1 Å². The van der Waals surface area contributed by atoms with Crippen molar-refractivity contribution in [3.8, 4) is 16.9 Å². The lowest BCUT2D eigenvalue weighted by Gasteiger charge is -2.22. The van der Waals surface area contributed by atoms with Crippen LogP contribution in [0.5, 0.6) is 5.75 Å². The normalized spacial score (nSPS) is 11.8. The van der Waals surface area contributed by atoms with E-state index < -0.39 is 29.2 Å². The minimum atomic E-state index is -1.08. The highest BCUT2D eigenvalue weighted by atomic mass is 35.5. The van der Waals surface area contributed by atoms with Crippen LogP contribution in [0.3, 0.4) is 0 Å². The summed E-state index contributed by atoms with van der Waals surface area (Å²) in [5.74, 6) is 8.99. The van der Waals surface area contributed by atoms with Gasteiger partial charge in [-0.2, -0.15) is 5.10 Å². The number of carbonyl (C=O) groups is 2. The highest BCUT2D eigenvalue weighted by Crippen LogP contribution is 2.37. The summed E-state index contributed by atoms with van der Waals surface area (Å²) in [6.45, 7) is 0.128. The Hall–Kier alpha value is -4.46. The van der Waals surface area contributed by atoms with Crippen LogP contribution in [-0.4, -0.2) is 43.5 Å². The Morgan fingerprint density at radius 3 is 2.56 bits per heavy atom. The van der Waals surface area contributed by atoms with Crippen LogP contribution in [0.25, 0.3) is 11.1 Å². The van der Waals surface area contributed by atoms with Crippen LogP contribution in [0.2, 0.25) is 5.02 Å². The minimum absolute atomic E-state index is 0.0646. The van der Waals surface area contributed by atoms with Crippen molar-refractivity contribution in [1.82, 2.24) is 4.57 Å². The molecule has 3 aromatic rings. The molecule has 0 radical (unpaired) electrons. The first kappa shape index (κ1) is 29.1. The van der Waals surface area contributed by atoms with E-state index >= 15 is 0 Å². The Morgan fingerprint density at radius 1 is 1.21 bits per heavy atom. The van der Waals surface area contributed by atoms with Gasteiger partial charge in [0.1, 0.15) is 23.9 Å². The van der Waals surface area contributed by atoms with Crippen LogP contribution in [0.1, 0.15) is 22.8 Å². The van der Waals surface area contributed by atoms with Gasteiger partial charge in [0.05, 0.1) is 24.6 Å². The fourth-order valence-corrected chi connectivity index (χ4v) is 4.04. The molecule has 0 spiro atoms. The summed E-state index contributed by atoms with van der Waals surface area (Å²) in [4.78, 5) is 37.9. The number of hydrogen-bond acceptors (Lipinski definition) is 8. The molecule has 0 aliphatic carbocycles. The van der Waals surface area contributed by atoms with Gasteiger partial charge >= 0.3 is 0 Å². The van der Waals surface area contributed by atoms with E-state index in [2.05, 4.69) is 10.4 Å². The number of nitrogens with zero attached hydrogens (tertiary/aromatic N) is 3. The number of halogens is 2. The largest absolute Gasteiger partial charge is 0.495 e. The monoisotopic (exact) mass is 559 g/mol. The number of amides is 2. The van der Waals surface area contributed by atoms with Crippen molar-refractivity contribution in [3.63, 3.8) is 0 Å². The van der Waals surface area contributed by atoms with E-state index in [1.54, 1.807) is 18.2 Å². The molecule has 0 saturated heterocycles. The molecule has 1 aromatic heterocycles. The molecule has 2 aromatic carbocycles. The maximum atomic E-state index is 14.2. The number of pyridine rings is 1. The van der Waals surface area contributed by atoms with Gasteiger partial charge < -0.3 is 26.4 Å². The van der Waals surface area contributed by atoms with Gasteiger partial charge in [-0.25, -0.2) is 10.2 Å². The number of ether oxygens (including phenoxy) is 2. The van der Waals surface area contributed by atoms with Gasteiger partial charge in [-0.1, -0.05) is 11.6 Å². The number of rotatable bonds is 11. The first-order chi connectivity index (χ1) is 18.6. The quantitative estimate of drug-likeness (QED) is 0.119. The maximum Gasteiger partial charge on any atom is 0.252 e. The topological polar surface area (TPSA) is 180 Å². The molecule has 1 unspecified atom stereocenters. The van der Waals surface area contributed by atoms with Crippen LogP contribution in [-0.2, 0) is 9.53 Å². The summed E-state index contributed by atoms with van der Waals surface area (Å²) in [5, 5.41) is 7.48. The van der Waals surface area contributed by atoms with E-state index in [1.165, 1.54) is 43.5 Å². The van der Waals surface area contributed by atoms with Gasteiger partial charge in [-0.05, 0) is 36.4 Å². The summed E-state index contributed by atoms with van der Waals surface area (Å²) < 4.78 is 26.1. The first-order valence-corrected chi connectivity index (χ1v) is 11.8. The molecular weight excluding hydrogens is 533 g/mol. The molecule has 39 heavy (non-hydrogen) atoms. The van der Waals surface area contributed by atoms with Gasteiger partial charge in [0.25, 0.3) is 11.5 Å². The predicted molar refractivity (Wildman–Crippen MR) is 146 cm³/mol. The SMILES string of the molecule is COCCC(C(=O)Nc1ccc(C(N)=O)c(F)c1)n1cc(OC)c(-c2cc(Cl)ccc2N(N)/C=N\N)cc1=O. The van der Waals surface area contributed by atoms with E-state index in [0.29, 0.717) is 21.8 Å². The fraction of sp³-hybridized carbons (Fsp3) is 0.200. The van der Waals surface area contributed by atoms with Crippen molar-refractivity contribution in [1.29, 1.82) is 0 Å². The molecule has 0 saturated carbocycles. The Morgan fingerprint density at radius 2 is 1.95 bits per heavy atom. The second kappa shape index (κ2) is 12.9. The average molecular weight is 560 g/mol. The molecule has 0 aliphatic rings. The van der Waals surface area contributed by atoms with Gasteiger partial charge in [0, 0.05) is 48.0 Å². The maximum absolute atomic E-state index is 14.2. The van der Waals surface area contributed by atoms with Crippen molar-refractivity contribution in [3.05, 3.63) is 75.4 Å². The van der Waals surface area contributed by atoms with E-state index in [4.69, 9.17) is 38.5 Å². The van der Waals surface area contributed by atoms with Crippen LogP contribution >= 0.6 is 11.6 Å². The summed E-state index contributed by atoms with van der Waals surface area (Å²) >= 11 is 6.22. The number of anilines is 2. The standard InChI is InChI=1S/C25H27ClFN7O5/c1-38-8-7-21(25(37)32-15-4-5-16(24(28)36)19(27)10-15)33-12-22(39-2)18(11-23(33)35)17-9-14(26)3-6-20(17)34(30)13-31-29/h3-6,9-13,21H,7-8,29-30H2,1-2H3,(H2,28,36)(H,32,37)/b31-13-. The Kier molecular flexibility index (Phi) is 9.60. The van der Waals surface area contributed by atoms with Gasteiger partial charge in [0.15, 0.2) is 0 Å². The number of nitrogens with one attached hydrogen (secondary N) is 1. The number of aromatic nitrogens is 1. The molecular formula is C25H27ClFN7O5. The number of primary amides is 1. The third-order valence-corrected chi connectivity index (χ3v) is 5.95. The Bertz CT molecular complexity index is 1460. The molecule has 14 heteroatoms. The average Bonchev–Trinajstić information content (AvgIpc) is 2.89. The number of methoxy groups -OCH3 is 2. The summed E-state index contributed by atoms with van der Waals surface area (Å²) in [7, 11) is 2.84. The fourth-order valence-electron chi connectivity index (χ4n) is 3.87. The zero-order valence-corrected chi connectivity index (χ0v) is 21.8. The smallest absolute Gasteiger partial charge is 0.252 e. The molecule has 0 bridgehead atoms. The number of nitrogens with two attached hydrogens (primary N) is 3. The second-order valence-corrected chi connectivity index (χ2v) is 8.62. The molecule has 206 valence electrons. The van der Waals surface area contributed by atoms with E-state index in [0.717, 1.165) is 17.1 Å². The number of benzene rings is 2. The predicted octanol–water partition coefficient (Wildman–Crippen LogP) is 2.21. The van der Waals surface area contributed by atoms with Crippen molar-refractivity contribution in [2.45, 2.75) is 12.5 Å². The second-order valence-electron chi connectivity index (χ2n) is 8.18. The van der Waals surface area contributed by atoms with Crippen LogP contribution < -0.4 is 38.0 Å². The van der Waals surface area contributed by atoms with Crippen molar-refractivity contribution in [2.24, 2.45) is 22.5 Å². The lowest BCUT2D eigenvalue weighted by atomic mass is 10.0.